The van der Waals surface area contributed by atoms with E-state index in [0.29, 0.717) is 0 Å². The van der Waals surface area contributed by atoms with Crippen LogP contribution in [0.25, 0.3) is 0 Å². The summed E-state index contributed by atoms with van der Waals surface area (Å²) >= 11 is 0. The van der Waals surface area contributed by atoms with Gasteiger partial charge in [-0.25, -0.2) is 0 Å². The molecular formula is C11H12O2. The van der Waals surface area contributed by atoms with Gasteiger partial charge < -0.3 is 4.79 Å². The molecule has 2 heteroatoms. The van der Waals surface area contributed by atoms with Crippen LogP contribution in [0.3, 0.4) is 0 Å². The van der Waals surface area contributed by atoms with Gasteiger partial charge in [0.25, 0.3) is 0 Å². The predicted molar refractivity (Wildman–Crippen MR) is 49.2 cm³/mol. The first-order valence-electron chi connectivity index (χ1n) is 4.71. The Labute approximate surface area is 77.3 Å². The molecule has 2 aliphatic rings. The minimum atomic E-state index is -0.374. The summed E-state index contributed by atoms with van der Waals surface area (Å²) in [6, 6.07) is 0. The molecule has 0 saturated carbocycles. The van der Waals surface area contributed by atoms with Gasteiger partial charge >= 0.3 is 0 Å². The Morgan fingerprint density at radius 2 is 2.23 bits per heavy atom. The molecule has 0 saturated heterocycles. The highest BCUT2D eigenvalue weighted by atomic mass is 16.1. The summed E-state index contributed by atoms with van der Waals surface area (Å²) in [5.41, 5.74) is 2.07. The van der Waals surface area contributed by atoms with E-state index in [0.717, 1.165) is 37.5 Å². The van der Waals surface area contributed by atoms with E-state index in [9.17, 15) is 9.59 Å². The van der Waals surface area contributed by atoms with Crippen molar-refractivity contribution in [2.45, 2.75) is 25.7 Å². The molecule has 2 aliphatic carbocycles. The zero-order valence-electron chi connectivity index (χ0n) is 7.45. The lowest BCUT2D eigenvalue weighted by molar-refractivity contribution is -0.125. The summed E-state index contributed by atoms with van der Waals surface area (Å²) in [6.45, 7) is 0. The molecular weight excluding hydrogens is 164 g/mol. The van der Waals surface area contributed by atoms with Gasteiger partial charge in [0.05, 0.1) is 5.92 Å². The average Bonchev–Trinajstić information content (AvgIpc) is 2.19. The van der Waals surface area contributed by atoms with Crippen LogP contribution in [0.4, 0.5) is 0 Å². The fourth-order valence-electron chi connectivity index (χ4n) is 2.02. The topological polar surface area (TPSA) is 34.1 Å². The van der Waals surface area contributed by atoms with Crippen LogP contribution in [0.15, 0.2) is 23.3 Å². The lowest BCUT2D eigenvalue weighted by Crippen LogP contribution is -2.24. The van der Waals surface area contributed by atoms with Gasteiger partial charge in [-0.3, -0.25) is 4.79 Å². The third-order valence-corrected chi connectivity index (χ3v) is 2.80. The largest absolute Gasteiger partial charge is 0.303 e. The summed E-state index contributed by atoms with van der Waals surface area (Å²) in [4.78, 5) is 22.2. The summed E-state index contributed by atoms with van der Waals surface area (Å²) in [7, 11) is 0. The maximum Gasteiger partial charge on any atom is 0.172 e. The molecule has 0 N–H and O–H groups in total. The molecule has 1 atom stereocenters. The van der Waals surface area contributed by atoms with E-state index in [-0.39, 0.29) is 11.7 Å². The molecule has 0 spiro atoms. The van der Waals surface area contributed by atoms with Crippen LogP contribution in [0, 0.1) is 5.92 Å². The van der Waals surface area contributed by atoms with E-state index in [1.807, 2.05) is 12.2 Å². The van der Waals surface area contributed by atoms with Gasteiger partial charge in [-0.15, -0.1) is 0 Å². The van der Waals surface area contributed by atoms with E-state index in [1.165, 1.54) is 5.57 Å². The fourth-order valence-corrected chi connectivity index (χ4v) is 2.02. The van der Waals surface area contributed by atoms with Gasteiger partial charge in [-0.05, 0) is 25.7 Å². The highest BCUT2D eigenvalue weighted by molar-refractivity contribution is 6.08. The number of carbonyl (C=O) groups excluding carboxylic acids is 2. The summed E-state index contributed by atoms with van der Waals surface area (Å²) in [5.74, 6) is -0.339. The van der Waals surface area contributed by atoms with Crippen molar-refractivity contribution in [3.63, 3.8) is 0 Å². The van der Waals surface area contributed by atoms with Gasteiger partial charge in [0.2, 0.25) is 0 Å². The Balaban J connectivity index is 2.33. The standard InChI is InChI=1S/C11H12O2/c12-7-9-6-5-8-3-1-2-4-10(8)11(9)13/h2,4,7,9H,1,3,5-6H2. The monoisotopic (exact) mass is 176 g/mol. The van der Waals surface area contributed by atoms with E-state index in [4.69, 9.17) is 0 Å². The van der Waals surface area contributed by atoms with Gasteiger partial charge in [-0.1, -0.05) is 17.7 Å². The Hall–Kier alpha value is -1.18. The molecule has 0 amide bonds. The minimum Gasteiger partial charge on any atom is -0.303 e. The number of Topliss-reactive ketones (excluding diaryl/α,β-unsaturated/α-hetero) is 1. The fraction of sp³-hybridized carbons (Fsp3) is 0.455. The number of allylic oxidation sites excluding steroid dienone is 4. The van der Waals surface area contributed by atoms with Gasteiger partial charge in [-0.2, -0.15) is 0 Å². The number of carbonyl (C=O) groups is 2. The van der Waals surface area contributed by atoms with Crippen molar-refractivity contribution < 1.29 is 9.59 Å². The van der Waals surface area contributed by atoms with Gasteiger partial charge in [0.15, 0.2) is 5.78 Å². The van der Waals surface area contributed by atoms with Crippen molar-refractivity contribution in [2.24, 2.45) is 5.92 Å². The van der Waals surface area contributed by atoms with Crippen molar-refractivity contribution in [1.82, 2.24) is 0 Å². The maximum atomic E-state index is 11.7. The first-order valence-corrected chi connectivity index (χ1v) is 4.71. The highest BCUT2D eigenvalue weighted by Gasteiger charge is 2.28. The maximum absolute atomic E-state index is 11.7. The molecule has 1 unspecified atom stereocenters. The number of hydrogen-bond donors (Lipinski definition) is 0. The van der Waals surface area contributed by atoms with Gasteiger partial charge in [0, 0.05) is 5.57 Å². The second-order valence-electron chi connectivity index (χ2n) is 3.60. The Kier molecular flexibility index (Phi) is 2.13. The van der Waals surface area contributed by atoms with Crippen molar-refractivity contribution in [1.29, 1.82) is 0 Å². The molecule has 68 valence electrons. The quantitative estimate of drug-likeness (QED) is 0.451. The van der Waals surface area contributed by atoms with Crippen molar-refractivity contribution >= 4 is 12.1 Å². The Bertz CT molecular complexity index is 310. The zero-order chi connectivity index (χ0) is 9.26. The molecule has 0 aromatic rings. The van der Waals surface area contributed by atoms with E-state index >= 15 is 0 Å². The van der Waals surface area contributed by atoms with E-state index in [2.05, 4.69) is 0 Å². The summed E-state index contributed by atoms with van der Waals surface area (Å²) in [6.07, 6.45) is 8.38. The highest BCUT2D eigenvalue weighted by Crippen LogP contribution is 2.31. The molecule has 0 radical (unpaired) electrons. The first-order chi connectivity index (χ1) is 6.33. The lowest BCUT2D eigenvalue weighted by Gasteiger charge is -2.23. The molecule has 0 aliphatic heterocycles. The molecule has 2 nitrogen and oxygen atoms in total. The van der Waals surface area contributed by atoms with Crippen LogP contribution in [-0.4, -0.2) is 12.1 Å². The summed E-state index contributed by atoms with van der Waals surface area (Å²) < 4.78 is 0. The van der Waals surface area contributed by atoms with Gasteiger partial charge in [0.1, 0.15) is 6.29 Å². The number of aldehydes is 1. The second-order valence-corrected chi connectivity index (χ2v) is 3.60. The average molecular weight is 176 g/mol. The van der Waals surface area contributed by atoms with Crippen molar-refractivity contribution in [3.8, 4) is 0 Å². The van der Waals surface area contributed by atoms with Crippen LogP contribution >= 0.6 is 0 Å². The Morgan fingerprint density at radius 1 is 1.38 bits per heavy atom. The van der Waals surface area contributed by atoms with Crippen LogP contribution in [0.5, 0.6) is 0 Å². The smallest absolute Gasteiger partial charge is 0.172 e. The molecule has 0 aromatic carbocycles. The molecule has 13 heavy (non-hydrogen) atoms. The molecule has 0 heterocycles. The van der Waals surface area contributed by atoms with Crippen LogP contribution in [0.2, 0.25) is 0 Å². The molecule has 0 fully saturated rings. The summed E-state index contributed by atoms with van der Waals surface area (Å²) in [5, 5.41) is 0. The molecule has 2 rings (SSSR count). The third-order valence-electron chi connectivity index (χ3n) is 2.80. The molecule has 0 bridgehead atoms. The van der Waals surface area contributed by atoms with Crippen LogP contribution in [0.1, 0.15) is 25.7 Å². The number of hydrogen-bond acceptors (Lipinski definition) is 2. The molecule has 0 aromatic heterocycles. The number of ketones is 1. The van der Waals surface area contributed by atoms with Crippen LogP contribution < -0.4 is 0 Å². The first kappa shape index (κ1) is 8.42. The van der Waals surface area contributed by atoms with Crippen molar-refractivity contribution in [3.05, 3.63) is 23.3 Å². The third kappa shape index (κ3) is 1.37. The predicted octanol–water partition coefficient (Wildman–Crippen LogP) is 1.81. The van der Waals surface area contributed by atoms with E-state index in [1.54, 1.807) is 0 Å². The minimum absolute atomic E-state index is 0.0344. The second kappa shape index (κ2) is 3.29. The normalized spacial score (nSPS) is 27.4. The van der Waals surface area contributed by atoms with Crippen LogP contribution in [-0.2, 0) is 9.59 Å². The SMILES string of the molecule is O=CC1CCC2=C(C=CCC2)C1=O. The Morgan fingerprint density at radius 3 is 3.00 bits per heavy atom. The lowest BCUT2D eigenvalue weighted by atomic mass is 9.80. The van der Waals surface area contributed by atoms with Crippen molar-refractivity contribution in [2.75, 3.05) is 0 Å². The number of rotatable bonds is 1. The zero-order valence-corrected chi connectivity index (χ0v) is 7.45. The van der Waals surface area contributed by atoms with E-state index < -0.39 is 0 Å².